The van der Waals surface area contributed by atoms with E-state index in [1.165, 1.54) is 11.3 Å². The van der Waals surface area contributed by atoms with E-state index in [-0.39, 0.29) is 0 Å². The molecule has 0 aliphatic heterocycles. The van der Waals surface area contributed by atoms with Gasteiger partial charge in [0.1, 0.15) is 11.3 Å². The number of anilines is 1. The molecule has 3 rings (SSSR count). The molecule has 0 radical (unpaired) electrons. The predicted octanol–water partition coefficient (Wildman–Crippen LogP) is 3.26. The standard InChI is InChI=1S/C14H13N3OS/c1-18-11-8-7-10(9-5-3-2-4-6-9)13-12(11)16-14(17-15)19-13/h2-8H,15H2,1H3,(H,16,17). The summed E-state index contributed by atoms with van der Waals surface area (Å²) in [5, 5.41) is 0.677. The first-order valence-electron chi connectivity index (χ1n) is 5.83. The lowest BCUT2D eigenvalue weighted by Crippen LogP contribution is -2.05. The van der Waals surface area contributed by atoms with Crippen LogP contribution in [0.25, 0.3) is 21.3 Å². The van der Waals surface area contributed by atoms with Gasteiger partial charge in [0.25, 0.3) is 0 Å². The number of nitrogens with two attached hydrogens (primary N) is 1. The fraction of sp³-hybridized carbons (Fsp3) is 0.0714. The van der Waals surface area contributed by atoms with Crippen LogP contribution in [0.4, 0.5) is 5.13 Å². The van der Waals surface area contributed by atoms with E-state index in [1.54, 1.807) is 7.11 Å². The Kier molecular flexibility index (Phi) is 3.06. The molecule has 0 amide bonds. The van der Waals surface area contributed by atoms with Crippen LogP contribution in [0.2, 0.25) is 0 Å². The summed E-state index contributed by atoms with van der Waals surface area (Å²) in [5.74, 6) is 6.21. The van der Waals surface area contributed by atoms with Gasteiger partial charge in [-0.3, -0.25) is 5.43 Å². The van der Waals surface area contributed by atoms with Gasteiger partial charge in [-0.2, -0.15) is 0 Å². The third kappa shape index (κ3) is 2.03. The lowest BCUT2D eigenvalue weighted by Gasteiger charge is -2.05. The summed E-state index contributed by atoms with van der Waals surface area (Å²) in [6.45, 7) is 0. The van der Waals surface area contributed by atoms with E-state index in [4.69, 9.17) is 10.6 Å². The van der Waals surface area contributed by atoms with Gasteiger partial charge in [0.05, 0.1) is 11.8 Å². The number of hydrogen-bond acceptors (Lipinski definition) is 5. The largest absolute Gasteiger partial charge is 0.494 e. The summed E-state index contributed by atoms with van der Waals surface area (Å²) in [4.78, 5) is 4.45. The first-order chi connectivity index (χ1) is 9.33. The second-order valence-corrected chi connectivity index (χ2v) is 5.02. The normalized spacial score (nSPS) is 10.6. The number of nitrogen functional groups attached to an aromatic ring is 1. The molecule has 0 spiro atoms. The minimum atomic E-state index is 0.677. The SMILES string of the molecule is COc1ccc(-c2ccccc2)c2sc(NN)nc12. The Hall–Kier alpha value is -2.11. The zero-order chi connectivity index (χ0) is 13.2. The molecule has 0 saturated heterocycles. The lowest BCUT2D eigenvalue weighted by atomic mass is 10.1. The molecule has 0 saturated carbocycles. The van der Waals surface area contributed by atoms with Gasteiger partial charge >= 0.3 is 0 Å². The molecule has 0 atom stereocenters. The Morgan fingerprint density at radius 1 is 1.16 bits per heavy atom. The molecule has 19 heavy (non-hydrogen) atoms. The van der Waals surface area contributed by atoms with Crippen LogP contribution >= 0.6 is 11.3 Å². The van der Waals surface area contributed by atoms with E-state index >= 15 is 0 Å². The maximum Gasteiger partial charge on any atom is 0.198 e. The minimum absolute atomic E-state index is 0.677. The van der Waals surface area contributed by atoms with Crippen LogP contribution in [0.15, 0.2) is 42.5 Å². The van der Waals surface area contributed by atoms with Crippen molar-refractivity contribution in [3.05, 3.63) is 42.5 Å². The molecule has 0 bridgehead atoms. The maximum atomic E-state index is 5.45. The number of ether oxygens (including phenoxy) is 1. The second kappa shape index (κ2) is 4.87. The third-order valence-electron chi connectivity index (χ3n) is 2.93. The average Bonchev–Trinajstić information content (AvgIpc) is 2.91. The smallest absolute Gasteiger partial charge is 0.198 e. The van der Waals surface area contributed by atoms with Crippen molar-refractivity contribution in [2.75, 3.05) is 12.5 Å². The highest BCUT2D eigenvalue weighted by atomic mass is 32.1. The number of thiazole rings is 1. The molecule has 96 valence electrons. The number of methoxy groups -OCH3 is 1. The molecular formula is C14H13N3OS. The third-order valence-corrected chi connectivity index (χ3v) is 3.95. The van der Waals surface area contributed by atoms with E-state index in [2.05, 4.69) is 28.6 Å². The molecule has 0 aliphatic carbocycles. The van der Waals surface area contributed by atoms with Gasteiger partial charge in [-0.1, -0.05) is 41.7 Å². The Bertz CT molecular complexity index is 709. The highest BCUT2D eigenvalue weighted by Gasteiger charge is 2.13. The Morgan fingerprint density at radius 3 is 2.63 bits per heavy atom. The number of hydrazine groups is 1. The number of benzene rings is 2. The van der Waals surface area contributed by atoms with Crippen molar-refractivity contribution in [1.29, 1.82) is 0 Å². The van der Waals surface area contributed by atoms with Gasteiger partial charge in [0, 0.05) is 5.56 Å². The minimum Gasteiger partial charge on any atom is -0.494 e. The summed E-state index contributed by atoms with van der Waals surface area (Å²) in [6.07, 6.45) is 0. The topological polar surface area (TPSA) is 60.2 Å². The molecule has 3 aromatic rings. The summed E-state index contributed by atoms with van der Waals surface area (Å²) >= 11 is 1.52. The maximum absolute atomic E-state index is 5.45. The molecule has 0 aliphatic rings. The fourth-order valence-corrected chi connectivity index (χ4v) is 2.98. The number of hydrogen-bond donors (Lipinski definition) is 2. The van der Waals surface area contributed by atoms with Gasteiger partial charge < -0.3 is 4.74 Å². The average molecular weight is 271 g/mol. The van der Waals surface area contributed by atoms with Crippen molar-refractivity contribution in [3.63, 3.8) is 0 Å². The summed E-state index contributed by atoms with van der Waals surface area (Å²) in [5.41, 5.74) is 5.72. The van der Waals surface area contributed by atoms with E-state index < -0.39 is 0 Å². The van der Waals surface area contributed by atoms with E-state index in [0.717, 1.165) is 27.1 Å². The van der Waals surface area contributed by atoms with Crippen molar-refractivity contribution in [1.82, 2.24) is 4.98 Å². The van der Waals surface area contributed by atoms with Gasteiger partial charge in [0.15, 0.2) is 5.13 Å². The number of rotatable bonds is 3. The molecule has 1 aromatic heterocycles. The molecule has 0 fully saturated rings. The summed E-state index contributed by atoms with van der Waals surface area (Å²) < 4.78 is 6.42. The van der Waals surface area contributed by atoms with E-state index in [0.29, 0.717) is 5.13 Å². The zero-order valence-electron chi connectivity index (χ0n) is 10.4. The summed E-state index contributed by atoms with van der Waals surface area (Å²) in [7, 11) is 1.64. The fourth-order valence-electron chi connectivity index (χ4n) is 2.05. The first-order valence-corrected chi connectivity index (χ1v) is 6.64. The molecular weight excluding hydrogens is 258 g/mol. The van der Waals surface area contributed by atoms with E-state index in [9.17, 15) is 0 Å². The van der Waals surface area contributed by atoms with Crippen LogP contribution in [-0.2, 0) is 0 Å². The van der Waals surface area contributed by atoms with Crippen molar-refractivity contribution in [3.8, 4) is 16.9 Å². The highest BCUT2D eigenvalue weighted by molar-refractivity contribution is 7.22. The zero-order valence-corrected chi connectivity index (χ0v) is 11.2. The van der Waals surface area contributed by atoms with Gasteiger partial charge in [-0.25, -0.2) is 10.8 Å². The van der Waals surface area contributed by atoms with Crippen molar-refractivity contribution < 1.29 is 4.74 Å². The monoisotopic (exact) mass is 271 g/mol. The van der Waals surface area contributed by atoms with Gasteiger partial charge in [0.2, 0.25) is 0 Å². The first kappa shape index (κ1) is 12.0. The molecule has 4 nitrogen and oxygen atoms in total. The number of nitrogens with zero attached hydrogens (tertiary/aromatic N) is 1. The Labute approximate surface area is 114 Å². The number of aromatic nitrogens is 1. The molecule has 5 heteroatoms. The molecule has 1 heterocycles. The Morgan fingerprint density at radius 2 is 1.95 bits per heavy atom. The van der Waals surface area contributed by atoms with Crippen LogP contribution in [-0.4, -0.2) is 12.1 Å². The highest BCUT2D eigenvalue weighted by Crippen LogP contribution is 2.39. The van der Waals surface area contributed by atoms with E-state index in [1.807, 2.05) is 24.3 Å². The molecule has 2 aromatic carbocycles. The van der Waals surface area contributed by atoms with Gasteiger partial charge in [-0.15, -0.1) is 0 Å². The van der Waals surface area contributed by atoms with Gasteiger partial charge in [-0.05, 0) is 17.7 Å². The quantitative estimate of drug-likeness (QED) is 0.567. The van der Waals surface area contributed by atoms with Crippen molar-refractivity contribution in [2.24, 2.45) is 5.84 Å². The Balaban J connectivity index is 2.29. The van der Waals surface area contributed by atoms with Crippen LogP contribution < -0.4 is 16.0 Å². The second-order valence-electron chi connectivity index (χ2n) is 4.02. The predicted molar refractivity (Wildman–Crippen MR) is 79.4 cm³/mol. The number of nitrogens with one attached hydrogen (secondary N) is 1. The molecule has 3 N–H and O–H groups in total. The van der Waals surface area contributed by atoms with Crippen molar-refractivity contribution in [2.45, 2.75) is 0 Å². The number of fused-ring (bicyclic) bond motifs is 1. The molecule has 0 unspecified atom stereocenters. The van der Waals surface area contributed by atoms with Crippen LogP contribution in [0, 0.1) is 0 Å². The summed E-state index contributed by atoms with van der Waals surface area (Å²) in [6, 6.07) is 14.2. The van der Waals surface area contributed by atoms with Crippen LogP contribution in [0.1, 0.15) is 0 Å². The van der Waals surface area contributed by atoms with Crippen LogP contribution in [0.5, 0.6) is 5.75 Å². The van der Waals surface area contributed by atoms with Crippen molar-refractivity contribution >= 4 is 26.7 Å². The lowest BCUT2D eigenvalue weighted by molar-refractivity contribution is 0.419. The van der Waals surface area contributed by atoms with Crippen LogP contribution in [0.3, 0.4) is 0 Å².